The van der Waals surface area contributed by atoms with Crippen molar-refractivity contribution in [2.45, 2.75) is 32.7 Å². The largest absolute Gasteiger partial charge is 0.329 e. The molecule has 0 atom stereocenters. The van der Waals surface area contributed by atoms with Gasteiger partial charge in [0.1, 0.15) is 0 Å². The lowest BCUT2D eigenvalue weighted by Crippen LogP contribution is -2.21. The Morgan fingerprint density at radius 2 is 1.73 bits per heavy atom. The number of hydrogen-bond acceptors (Lipinski definition) is 2. The summed E-state index contributed by atoms with van der Waals surface area (Å²) >= 11 is 0. The van der Waals surface area contributed by atoms with Gasteiger partial charge >= 0.3 is 0 Å². The van der Waals surface area contributed by atoms with Gasteiger partial charge in [0.15, 0.2) is 0 Å². The van der Waals surface area contributed by atoms with Crippen LogP contribution < -0.4 is 11.1 Å². The maximum atomic E-state index is 5.41. The Hall–Kier alpha value is -0.860. The average Bonchev–Trinajstić information content (AvgIpc) is 2.18. The van der Waals surface area contributed by atoms with Gasteiger partial charge in [0.2, 0.25) is 0 Å². The van der Waals surface area contributed by atoms with Gasteiger partial charge in [-0.25, -0.2) is 0 Å². The van der Waals surface area contributed by atoms with E-state index in [1.807, 2.05) is 0 Å². The fraction of sp³-hybridized carbons (Fsp3) is 0.538. The van der Waals surface area contributed by atoms with Crippen LogP contribution in [0.4, 0.5) is 0 Å². The fourth-order valence-corrected chi connectivity index (χ4v) is 1.46. The smallest absolute Gasteiger partial charge is 0.0206 e. The van der Waals surface area contributed by atoms with E-state index in [-0.39, 0.29) is 5.41 Å². The van der Waals surface area contributed by atoms with Crippen LogP contribution in [0, 0.1) is 0 Å². The van der Waals surface area contributed by atoms with E-state index in [0.29, 0.717) is 6.54 Å². The Balaban J connectivity index is 2.57. The molecule has 15 heavy (non-hydrogen) atoms. The molecular formula is C13H22N2. The molecule has 3 N–H and O–H groups in total. The fourth-order valence-electron chi connectivity index (χ4n) is 1.46. The molecule has 0 bridgehead atoms. The van der Waals surface area contributed by atoms with Crippen LogP contribution in [0.3, 0.4) is 0 Å². The SMILES string of the molecule is CC(C)(C)c1ccc(CNCCN)cc1. The molecular weight excluding hydrogens is 184 g/mol. The third-order valence-electron chi connectivity index (χ3n) is 2.47. The summed E-state index contributed by atoms with van der Waals surface area (Å²) in [6.45, 7) is 9.17. The third-order valence-corrected chi connectivity index (χ3v) is 2.47. The van der Waals surface area contributed by atoms with Crippen molar-refractivity contribution in [1.29, 1.82) is 0 Å². The van der Waals surface area contributed by atoms with E-state index >= 15 is 0 Å². The standard InChI is InChI=1S/C13H22N2/c1-13(2,3)12-6-4-11(5-7-12)10-15-9-8-14/h4-7,15H,8-10,14H2,1-3H3. The minimum atomic E-state index is 0.239. The first-order valence-electron chi connectivity index (χ1n) is 5.54. The van der Waals surface area contributed by atoms with Crippen LogP contribution in [0.1, 0.15) is 31.9 Å². The van der Waals surface area contributed by atoms with Crippen LogP contribution in [0.5, 0.6) is 0 Å². The molecule has 0 saturated heterocycles. The Kier molecular flexibility index (Phi) is 4.30. The van der Waals surface area contributed by atoms with Crippen LogP contribution in [0.25, 0.3) is 0 Å². The summed E-state index contributed by atoms with van der Waals surface area (Å²) in [6, 6.07) is 8.78. The lowest BCUT2D eigenvalue weighted by Gasteiger charge is -2.19. The summed E-state index contributed by atoms with van der Waals surface area (Å²) in [6.07, 6.45) is 0. The van der Waals surface area contributed by atoms with Crippen molar-refractivity contribution in [3.8, 4) is 0 Å². The summed E-state index contributed by atoms with van der Waals surface area (Å²) in [5, 5.41) is 3.28. The van der Waals surface area contributed by atoms with Gasteiger partial charge in [-0.2, -0.15) is 0 Å². The predicted octanol–water partition coefficient (Wildman–Crippen LogP) is 2.03. The van der Waals surface area contributed by atoms with Gasteiger partial charge in [0, 0.05) is 19.6 Å². The highest BCUT2D eigenvalue weighted by atomic mass is 14.9. The van der Waals surface area contributed by atoms with Gasteiger partial charge in [-0.1, -0.05) is 45.0 Å². The lowest BCUT2D eigenvalue weighted by atomic mass is 9.87. The van der Waals surface area contributed by atoms with Crippen molar-refractivity contribution in [2.24, 2.45) is 5.73 Å². The minimum Gasteiger partial charge on any atom is -0.329 e. The Morgan fingerprint density at radius 3 is 2.20 bits per heavy atom. The zero-order valence-electron chi connectivity index (χ0n) is 10.0. The van der Waals surface area contributed by atoms with Crippen molar-refractivity contribution in [1.82, 2.24) is 5.32 Å². The maximum absolute atomic E-state index is 5.41. The summed E-state index contributed by atoms with van der Waals surface area (Å²) < 4.78 is 0. The van der Waals surface area contributed by atoms with Crippen LogP contribution in [-0.2, 0) is 12.0 Å². The maximum Gasteiger partial charge on any atom is 0.0206 e. The molecule has 1 aromatic rings. The summed E-state index contributed by atoms with van der Waals surface area (Å²) in [5.74, 6) is 0. The normalized spacial score (nSPS) is 11.7. The van der Waals surface area contributed by atoms with Crippen LogP contribution in [0.2, 0.25) is 0 Å². The van der Waals surface area contributed by atoms with Gasteiger partial charge in [-0.15, -0.1) is 0 Å². The van der Waals surface area contributed by atoms with Crippen molar-refractivity contribution < 1.29 is 0 Å². The quantitative estimate of drug-likeness (QED) is 0.740. The number of nitrogens with one attached hydrogen (secondary N) is 1. The van der Waals surface area contributed by atoms with E-state index in [2.05, 4.69) is 50.4 Å². The monoisotopic (exact) mass is 206 g/mol. The van der Waals surface area contributed by atoms with E-state index in [1.54, 1.807) is 0 Å². The zero-order chi connectivity index (χ0) is 11.3. The molecule has 0 fully saturated rings. The number of benzene rings is 1. The summed E-state index contributed by atoms with van der Waals surface area (Å²) in [7, 11) is 0. The van der Waals surface area contributed by atoms with Crippen LogP contribution in [0.15, 0.2) is 24.3 Å². The second-order valence-electron chi connectivity index (χ2n) is 4.91. The van der Waals surface area contributed by atoms with E-state index in [4.69, 9.17) is 5.73 Å². The Morgan fingerprint density at radius 1 is 1.13 bits per heavy atom. The number of nitrogens with two attached hydrogens (primary N) is 1. The lowest BCUT2D eigenvalue weighted by molar-refractivity contribution is 0.589. The first-order valence-corrected chi connectivity index (χ1v) is 5.54. The molecule has 2 heteroatoms. The van der Waals surface area contributed by atoms with E-state index in [9.17, 15) is 0 Å². The van der Waals surface area contributed by atoms with Gasteiger partial charge in [-0.3, -0.25) is 0 Å². The zero-order valence-corrected chi connectivity index (χ0v) is 10.0. The van der Waals surface area contributed by atoms with Crippen molar-refractivity contribution in [3.05, 3.63) is 35.4 Å². The molecule has 0 radical (unpaired) electrons. The first-order chi connectivity index (χ1) is 7.04. The highest BCUT2D eigenvalue weighted by Crippen LogP contribution is 2.21. The van der Waals surface area contributed by atoms with Gasteiger partial charge in [-0.05, 0) is 16.5 Å². The van der Waals surface area contributed by atoms with Crippen molar-refractivity contribution in [2.75, 3.05) is 13.1 Å². The van der Waals surface area contributed by atoms with Crippen LogP contribution >= 0.6 is 0 Å². The predicted molar refractivity (Wildman–Crippen MR) is 65.9 cm³/mol. The molecule has 0 heterocycles. The van der Waals surface area contributed by atoms with Gasteiger partial charge in [0.25, 0.3) is 0 Å². The highest BCUT2D eigenvalue weighted by molar-refractivity contribution is 5.27. The Bertz CT molecular complexity index is 282. The first kappa shape index (κ1) is 12.2. The topological polar surface area (TPSA) is 38.0 Å². The highest BCUT2D eigenvalue weighted by Gasteiger charge is 2.12. The number of hydrogen-bond donors (Lipinski definition) is 2. The summed E-state index contributed by atoms with van der Waals surface area (Å²) in [5.41, 5.74) is 8.35. The molecule has 0 saturated carbocycles. The molecule has 0 aliphatic carbocycles. The Labute approximate surface area is 92.9 Å². The molecule has 0 aromatic heterocycles. The molecule has 1 rings (SSSR count). The third kappa shape index (κ3) is 4.02. The van der Waals surface area contributed by atoms with Gasteiger partial charge in [0.05, 0.1) is 0 Å². The van der Waals surface area contributed by atoms with Crippen molar-refractivity contribution >= 4 is 0 Å². The molecule has 0 unspecified atom stereocenters. The van der Waals surface area contributed by atoms with Crippen LogP contribution in [-0.4, -0.2) is 13.1 Å². The van der Waals surface area contributed by atoms with E-state index in [1.165, 1.54) is 11.1 Å². The van der Waals surface area contributed by atoms with E-state index in [0.717, 1.165) is 13.1 Å². The molecule has 2 nitrogen and oxygen atoms in total. The summed E-state index contributed by atoms with van der Waals surface area (Å²) in [4.78, 5) is 0. The average molecular weight is 206 g/mol. The molecule has 1 aromatic carbocycles. The minimum absolute atomic E-state index is 0.239. The second-order valence-corrected chi connectivity index (χ2v) is 4.91. The molecule has 0 spiro atoms. The van der Waals surface area contributed by atoms with Gasteiger partial charge < -0.3 is 11.1 Å². The molecule has 0 amide bonds. The second kappa shape index (κ2) is 5.29. The van der Waals surface area contributed by atoms with E-state index < -0.39 is 0 Å². The molecule has 0 aliphatic heterocycles. The molecule has 84 valence electrons. The number of rotatable bonds is 4. The van der Waals surface area contributed by atoms with Crippen molar-refractivity contribution in [3.63, 3.8) is 0 Å². The molecule has 0 aliphatic rings.